The van der Waals surface area contributed by atoms with Gasteiger partial charge in [-0.05, 0) is 50.8 Å². The molecule has 4 rings (SSSR count). The summed E-state index contributed by atoms with van der Waals surface area (Å²) in [7, 11) is 4.19. The van der Waals surface area contributed by atoms with Crippen LogP contribution in [0.4, 0.5) is 0 Å². The standard InChI is InChI=1S/C25H24N4/c1-18(28(2)3)16-29-17-24(23-11-19(13-26)9-10-25(23)29)22-12-21(14-27-15-22)20-7-5-4-6-8-20/h4-12,14-15,17-18H,16H2,1-3H3. The molecule has 0 aliphatic carbocycles. The van der Waals surface area contributed by atoms with E-state index >= 15 is 0 Å². The molecule has 2 heterocycles. The number of hydrogen-bond acceptors (Lipinski definition) is 3. The molecule has 0 spiro atoms. The van der Waals surface area contributed by atoms with E-state index in [9.17, 15) is 5.26 Å². The molecule has 1 unspecified atom stereocenters. The topological polar surface area (TPSA) is 44.9 Å². The number of rotatable bonds is 5. The molecule has 2 aromatic heterocycles. The second-order valence-electron chi connectivity index (χ2n) is 7.68. The minimum atomic E-state index is 0.392. The second kappa shape index (κ2) is 7.90. The highest BCUT2D eigenvalue weighted by Crippen LogP contribution is 2.33. The van der Waals surface area contributed by atoms with E-state index in [1.54, 1.807) is 0 Å². The van der Waals surface area contributed by atoms with Gasteiger partial charge in [-0.1, -0.05) is 30.3 Å². The zero-order valence-electron chi connectivity index (χ0n) is 17.0. The molecule has 4 nitrogen and oxygen atoms in total. The van der Waals surface area contributed by atoms with Crippen LogP contribution < -0.4 is 0 Å². The van der Waals surface area contributed by atoms with Gasteiger partial charge < -0.3 is 9.47 Å². The summed E-state index contributed by atoms with van der Waals surface area (Å²) in [6, 6.07) is 21.0. The number of likely N-dealkylation sites (N-methyl/N-ethyl adjacent to an activating group) is 1. The van der Waals surface area contributed by atoms with Crippen LogP contribution >= 0.6 is 0 Å². The molecule has 0 aliphatic rings. The Morgan fingerprint density at radius 3 is 2.48 bits per heavy atom. The molecule has 4 heteroatoms. The lowest BCUT2D eigenvalue weighted by Gasteiger charge is -2.20. The fourth-order valence-corrected chi connectivity index (χ4v) is 3.57. The molecule has 0 amide bonds. The summed E-state index contributed by atoms with van der Waals surface area (Å²) in [6.07, 6.45) is 5.99. The predicted molar refractivity (Wildman–Crippen MR) is 118 cm³/mol. The molecule has 0 fully saturated rings. The number of benzene rings is 2. The van der Waals surface area contributed by atoms with Gasteiger partial charge in [0.1, 0.15) is 0 Å². The number of hydrogen-bond donors (Lipinski definition) is 0. The van der Waals surface area contributed by atoms with Crippen molar-refractivity contribution in [3.05, 3.63) is 78.8 Å². The molecule has 29 heavy (non-hydrogen) atoms. The fraction of sp³-hybridized carbons (Fsp3) is 0.200. The molecule has 0 aliphatic heterocycles. The van der Waals surface area contributed by atoms with Gasteiger partial charge in [0.15, 0.2) is 0 Å². The molecular weight excluding hydrogens is 356 g/mol. The summed E-state index contributed by atoms with van der Waals surface area (Å²) < 4.78 is 2.28. The maximum Gasteiger partial charge on any atom is 0.0991 e. The zero-order valence-corrected chi connectivity index (χ0v) is 17.0. The van der Waals surface area contributed by atoms with Crippen molar-refractivity contribution in [2.24, 2.45) is 0 Å². The van der Waals surface area contributed by atoms with Crippen LogP contribution in [0.15, 0.2) is 73.2 Å². The lowest BCUT2D eigenvalue weighted by molar-refractivity contribution is 0.286. The van der Waals surface area contributed by atoms with E-state index in [1.807, 2.05) is 48.8 Å². The molecule has 0 saturated carbocycles. The van der Waals surface area contributed by atoms with E-state index in [-0.39, 0.29) is 0 Å². The first-order valence-electron chi connectivity index (χ1n) is 9.77. The quantitative estimate of drug-likeness (QED) is 0.478. The van der Waals surface area contributed by atoms with Gasteiger partial charge in [0, 0.05) is 58.8 Å². The van der Waals surface area contributed by atoms with Crippen LogP contribution in [0.3, 0.4) is 0 Å². The summed E-state index contributed by atoms with van der Waals surface area (Å²) >= 11 is 0. The van der Waals surface area contributed by atoms with E-state index in [0.717, 1.165) is 39.7 Å². The summed E-state index contributed by atoms with van der Waals surface area (Å²) in [6.45, 7) is 3.09. The van der Waals surface area contributed by atoms with Crippen LogP contribution in [0.5, 0.6) is 0 Å². The van der Waals surface area contributed by atoms with E-state index < -0.39 is 0 Å². The molecular formula is C25H24N4. The predicted octanol–water partition coefficient (Wildman–Crippen LogP) is 5.19. The van der Waals surface area contributed by atoms with Gasteiger partial charge in [-0.2, -0.15) is 5.26 Å². The molecule has 1 atom stereocenters. The van der Waals surface area contributed by atoms with Gasteiger partial charge in [0.05, 0.1) is 11.6 Å². The van der Waals surface area contributed by atoms with Crippen LogP contribution in [-0.4, -0.2) is 34.6 Å². The normalized spacial score (nSPS) is 12.2. The third-order valence-electron chi connectivity index (χ3n) is 5.51. The Morgan fingerprint density at radius 2 is 1.76 bits per heavy atom. The maximum atomic E-state index is 9.40. The van der Waals surface area contributed by atoms with Crippen molar-refractivity contribution in [2.45, 2.75) is 19.5 Å². The average molecular weight is 380 g/mol. The maximum absolute atomic E-state index is 9.40. The Bertz CT molecular complexity index is 1180. The Morgan fingerprint density at radius 1 is 1.00 bits per heavy atom. The minimum Gasteiger partial charge on any atom is -0.345 e. The first kappa shape index (κ1) is 18.9. The molecule has 144 valence electrons. The first-order valence-corrected chi connectivity index (χ1v) is 9.77. The summed E-state index contributed by atoms with van der Waals surface area (Å²) in [5.74, 6) is 0. The highest BCUT2D eigenvalue weighted by atomic mass is 15.1. The lowest BCUT2D eigenvalue weighted by Crippen LogP contribution is -2.28. The van der Waals surface area contributed by atoms with Crippen LogP contribution in [0.1, 0.15) is 12.5 Å². The molecule has 2 aromatic carbocycles. The van der Waals surface area contributed by atoms with E-state index in [2.05, 4.69) is 65.9 Å². The van der Waals surface area contributed by atoms with Crippen LogP contribution in [0, 0.1) is 11.3 Å². The first-order chi connectivity index (χ1) is 14.1. The number of nitriles is 1. The van der Waals surface area contributed by atoms with Gasteiger partial charge in [0.25, 0.3) is 0 Å². The summed E-state index contributed by atoms with van der Waals surface area (Å²) in [5.41, 5.74) is 6.20. The highest BCUT2D eigenvalue weighted by molar-refractivity contribution is 5.97. The summed E-state index contributed by atoms with van der Waals surface area (Å²) in [4.78, 5) is 6.72. The fourth-order valence-electron chi connectivity index (χ4n) is 3.57. The molecule has 4 aromatic rings. The number of fused-ring (bicyclic) bond motifs is 1. The van der Waals surface area contributed by atoms with E-state index in [0.29, 0.717) is 11.6 Å². The van der Waals surface area contributed by atoms with Crippen molar-refractivity contribution in [3.63, 3.8) is 0 Å². The third-order valence-corrected chi connectivity index (χ3v) is 5.51. The van der Waals surface area contributed by atoms with Gasteiger partial charge in [-0.15, -0.1) is 0 Å². The second-order valence-corrected chi connectivity index (χ2v) is 7.68. The van der Waals surface area contributed by atoms with E-state index in [4.69, 9.17) is 0 Å². The van der Waals surface area contributed by atoms with Crippen molar-refractivity contribution >= 4 is 10.9 Å². The van der Waals surface area contributed by atoms with Gasteiger partial charge in [-0.25, -0.2) is 0 Å². The van der Waals surface area contributed by atoms with Gasteiger partial charge in [-0.3, -0.25) is 4.98 Å². The number of nitrogens with zero attached hydrogens (tertiary/aromatic N) is 4. The van der Waals surface area contributed by atoms with Gasteiger partial charge in [0.2, 0.25) is 0 Å². The SMILES string of the molecule is CC(Cn1cc(-c2cncc(-c3ccccc3)c2)c2cc(C#N)ccc21)N(C)C. The zero-order chi connectivity index (χ0) is 20.4. The number of pyridine rings is 1. The van der Waals surface area contributed by atoms with Gasteiger partial charge >= 0.3 is 0 Å². The monoisotopic (exact) mass is 380 g/mol. The Hall–Kier alpha value is -3.42. The minimum absolute atomic E-state index is 0.392. The van der Waals surface area contributed by atoms with Crippen molar-refractivity contribution in [3.8, 4) is 28.3 Å². The molecule has 0 saturated heterocycles. The average Bonchev–Trinajstić information content (AvgIpc) is 3.12. The lowest BCUT2D eigenvalue weighted by atomic mass is 10.0. The Kier molecular flexibility index (Phi) is 5.16. The van der Waals surface area contributed by atoms with Crippen LogP contribution in [0.2, 0.25) is 0 Å². The van der Waals surface area contributed by atoms with Crippen molar-refractivity contribution in [2.75, 3.05) is 14.1 Å². The molecule has 0 radical (unpaired) electrons. The van der Waals surface area contributed by atoms with Crippen molar-refractivity contribution < 1.29 is 0 Å². The molecule has 0 N–H and O–H groups in total. The number of aromatic nitrogens is 2. The highest BCUT2D eigenvalue weighted by Gasteiger charge is 2.15. The third kappa shape index (κ3) is 3.78. The smallest absolute Gasteiger partial charge is 0.0991 e. The van der Waals surface area contributed by atoms with Crippen molar-refractivity contribution in [1.82, 2.24) is 14.5 Å². The van der Waals surface area contributed by atoms with E-state index in [1.165, 1.54) is 0 Å². The summed E-state index contributed by atoms with van der Waals surface area (Å²) in [5, 5.41) is 10.5. The Labute approximate surface area is 171 Å². The molecule has 0 bridgehead atoms. The largest absolute Gasteiger partial charge is 0.345 e. The van der Waals surface area contributed by atoms with Crippen LogP contribution in [-0.2, 0) is 6.54 Å². The Balaban J connectivity index is 1.86. The van der Waals surface area contributed by atoms with Crippen molar-refractivity contribution in [1.29, 1.82) is 5.26 Å². The van der Waals surface area contributed by atoms with Crippen LogP contribution in [0.25, 0.3) is 33.2 Å².